The zero-order chi connectivity index (χ0) is 14.7. The lowest BCUT2D eigenvalue weighted by Crippen LogP contribution is -2.19. The van der Waals surface area contributed by atoms with Crippen molar-refractivity contribution in [2.24, 2.45) is 5.92 Å². The fourth-order valence-electron chi connectivity index (χ4n) is 1.74. The van der Waals surface area contributed by atoms with Crippen molar-refractivity contribution in [2.45, 2.75) is 13.5 Å². The molecule has 108 valence electrons. The maximum atomic E-state index is 13.3. The van der Waals surface area contributed by atoms with E-state index < -0.39 is 29.2 Å². The summed E-state index contributed by atoms with van der Waals surface area (Å²) in [6, 6.07) is 0. The van der Waals surface area contributed by atoms with Crippen LogP contribution in [0.2, 0.25) is 0 Å². The Morgan fingerprint density at radius 2 is 1.85 bits per heavy atom. The molecule has 0 saturated carbocycles. The number of anilines is 1. The molecule has 0 saturated heterocycles. The van der Waals surface area contributed by atoms with Gasteiger partial charge in [-0.25, -0.2) is 4.98 Å². The average Bonchev–Trinajstić information content (AvgIpc) is 2.89. The van der Waals surface area contributed by atoms with E-state index in [0.717, 1.165) is 0 Å². The largest absolute Gasteiger partial charge is 0.380 e. The molecule has 1 N–H and O–H groups in total. The van der Waals surface area contributed by atoms with Crippen molar-refractivity contribution in [2.75, 3.05) is 11.9 Å². The molecule has 0 spiro atoms. The van der Waals surface area contributed by atoms with Gasteiger partial charge in [0.15, 0.2) is 0 Å². The number of hydrogen-bond acceptors (Lipinski definition) is 3. The van der Waals surface area contributed by atoms with Gasteiger partial charge in [0.25, 0.3) is 11.9 Å². The summed E-state index contributed by atoms with van der Waals surface area (Å²) in [4.78, 5) is 6.35. The SMILES string of the molecule is CC(CNc1c(F)c(F)nc(F)c1F)Cn1ccnc1. The lowest BCUT2D eigenvalue weighted by atomic mass is 10.1. The van der Waals surface area contributed by atoms with Crippen LogP contribution in [-0.2, 0) is 6.54 Å². The van der Waals surface area contributed by atoms with E-state index in [9.17, 15) is 17.6 Å². The van der Waals surface area contributed by atoms with Gasteiger partial charge < -0.3 is 9.88 Å². The maximum absolute atomic E-state index is 13.3. The zero-order valence-electron chi connectivity index (χ0n) is 10.6. The van der Waals surface area contributed by atoms with Crippen molar-refractivity contribution in [3.63, 3.8) is 0 Å². The fraction of sp³-hybridized carbons (Fsp3) is 0.333. The van der Waals surface area contributed by atoms with Gasteiger partial charge in [-0.1, -0.05) is 6.92 Å². The van der Waals surface area contributed by atoms with Crippen LogP contribution in [-0.4, -0.2) is 21.1 Å². The van der Waals surface area contributed by atoms with Gasteiger partial charge in [0, 0.05) is 25.5 Å². The van der Waals surface area contributed by atoms with Crippen LogP contribution in [0, 0.1) is 29.4 Å². The molecule has 4 nitrogen and oxygen atoms in total. The molecule has 0 bridgehead atoms. The maximum Gasteiger partial charge on any atom is 0.253 e. The normalized spacial score (nSPS) is 12.4. The third kappa shape index (κ3) is 3.06. The van der Waals surface area contributed by atoms with Crippen molar-refractivity contribution in [1.29, 1.82) is 0 Å². The number of halogens is 4. The molecule has 0 amide bonds. The molecule has 0 aliphatic heterocycles. The Morgan fingerprint density at radius 3 is 2.40 bits per heavy atom. The average molecular weight is 288 g/mol. The number of nitrogens with one attached hydrogen (secondary N) is 1. The summed E-state index contributed by atoms with van der Waals surface area (Å²) in [6.45, 7) is 2.50. The van der Waals surface area contributed by atoms with Crippen LogP contribution in [0.15, 0.2) is 18.7 Å². The van der Waals surface area contributed by atoms with Gasteiger partial charge in [-0.3, -0.25) is 0 Å². The molecule has 1 unspecified atom stereocenters. The third-order valence-electron chi connectivity index (χ3n) is 2.71. The quantitative estimate of drug-likeness (QED) is 0.679. The minimum atomic E-state index is -1.67. The molecule has 2 rings (SSSR count). The first kappa shape index (κ1) is 14.3. The Hall–Kier alpha value is -2.12. The highest BCUT2D eigenvalue weighted by atomic mass is 19.2. The van der Waals surface area contributed by atoms with Gasteiger partial charge in [0.05, 0.1) is 6.33 Å². The van der Waals surface area contributed by atoms with Crippen LogP contribution in [0.5, 0.6) is 0 Å². The second kappa shape index (κ2) is 5.89. The van der Waals surface area contributed by atoms with Crippen molar-refractivity contribution in [3.8, 4) is 0 Å². The van der Waals surface area contributed by atoms with E-state index in [1.807, 2.05) is 6.92 Å². The number of pyridine rings is 1. The zero-order valence-corrected chi connectivity index (χ0v) is 10.6. The predicted octanol–water partition coefficient (Wildman–Crippen LogP) is 2.58. The lowest BCUT2D eigenvalue weighted by molar-refractivity contribution is 0.409. The van der Waals surface area contributed by atoms with Crippen molar-refractivity contribution < 1.29 is 17.6 Å². The summed E-state index contributed by atoms with van der Waals surface area (Å²) in [6.07, 6.45) is 4.94. The molecule has 0 aromatic carbocycles. The van der Waals surface area contributed by atoms with Gasteiger partial charge in [-0.05, 0) is 5.92 Å². The summed E-state index contributed by atoms with van der Waals surface area (Å²) in [5.74, 6) is -6.44. The van der Waals surface area contributed by atoms with Crippen molar-refractivity contribution in [1.82, 2.24) is 14.5 Å². The smallest absolute Gasteiger partial charge is 0.253 e. The second-order valence-electron chi connectivity index (χ2n) is 4.44. The molecule has 1 atom stereocenters. The summed E-state index contributed by atoms with van der Waals surface area (Å²) in [7, 11) is 0. The monoisotopic (exact) mass is 288 g/mol. The summed E-state index contributed by atoms with van der Waals surface area (Å²) < 4.78 is 54.3. The minimum Gasteiger partial charge on any atom is -0.380 e. The summed E-state index contributed by atoms with van der Waals surface area (Å²) in [5, 5.41) is 2.37. The molecule has 0 aliphatic rings. The fourth-order valence-corrected chi connectivity index (χ4v) is 1.74. The Labute approximate surface area is 112 Å². The second-order valence-corrected chi connectivity index (χ2v) is 4.44. The van der Waals surface area contributed by atoms with Crippen LogP contribution in [0.4, 0.5) is 23.2 Å². The number of hydrogen-bond donors (Lipinski definition) is 1. The van der Waals surface area contributed by atoms with E-state index in [-0.39, 0.29) is 12.5 Å². The van der Waals surface area contributed by atoms with E-state index in [4.69, 9.17) is 0 Å². The first-order valence-electron chi connectivity index (χ1n) is 5.88. The molecular weight excluding hydrogens is 276 g/mol. The highest BCUT2D eigenvalue weighted by molar-refractivity contribution is 5.45. The predicted molar refractivity (Wildman–Crippen MR) is 63.9 cm³/mol. The van der Waals surface area contributed by atoms with Gasteiger partial charge >= 0.3 is 0 Å². The van der Waals surface area contributed by atoms with Gasteiger partial charge in [0.1, 0.15) is 5.69 Å². The first-order valence-corrected chi connectivity index (χ1v) is 5.88. The minimum absolute atomic E-state index is 0.0395. The molecule has 8 heteroatoms. The molecule has 2 aromatic rings. The van der Waals surface area contributed by atoms with E-state index in [1.165, 1.54) is 0 Å². The molecule has 2 aromatic heterocycles. The van der Waals surface area contributed by atoms with Crippen molar-refractivity contribution in [3.05, 3.63) is 42.3 Å². The van der Waals surface area contributed by atoms with Crippen LogP contribution >= 0.6 is 0 Å². The Morgan fingerprint density at radius 1 is 1.20 bits per heavy atom. The molecular formula is C12H12F4N4. The molecule has 0 fully saturated rings. The van der Waals surface area contributed by atoms with Gasteiger partial charge in [-0.2, -0.15) is 22.5 Å². The molecule has 2 heterocycles. The Kier molecular flexibility index (Phi) is 4.21. The van der Waals surface area contributed by atoms with Crippen LogP contribution in [0.3, 0.4) is 0 Å². The van der Waals surface area contributed by atoms with E-state index in [2.05, 4.69) is 15.3 Å². The number of rotatable bonds is 5. The summed E-state index contributed by atoms with van der Waals surface area (Å²) in [5.41, 5.74) is -0.840. The Balaban J connectivity index is 2.04. The number of imidazole rings is 1. The highest BCUT2D eigenvalue weighted by Crippen LogP contribution is 2.22. The molecule has 20 heavy (non-hydrogen) atoms. The van der Waals surface area contributed by atoms with Crippen molar-refractivity contribution >= 4 is 5.69 Å². The lowest BCUT2D eigenvalue weighted by Gasteiger charge is -2.15. The standard InChI is InChI=1S/C12H12F4N4/c1-7(5-20-3-2-17-6-20)4-18-10-8(13)11(15)19-12(16)9(10)14/h2-3,6-7H,4-5H2,1H3,(H,18,19). The number of nitrogens with zero attached hydrogens (tertiary/aromatic N) is 3. The van der Waals surface area contributed by atoms with E-state index in [1.54, 1.807) is 23.3 Å². The number of aromatic nitrogens is 3. The van der Waals surface area contributed by atoms with E-state index in [0.29, 0.717) is 6.54 Å². The van der Waals surface area contributed by atoms with E-state index >= 15 is 0 Å². The van der Waals surface area contributed by atoms with Gasteiger partial charge in [-0.15, -0.1) is 0 Å². The highest BCUT2D eigenvalue weighted by Gasteiger charge is 2.20. The molecule has 0 aliphatic carbocycles. The third-order valence-corrected chi connectivity index (χ3v) is 2.71. The topological polar surface area (TPSA) is 42.7 Å². The van der Waals surface area contributed by atoms with Crippen LogP contribution < -0.4 is 5.32 Å². The molecule has 0 radical (unpaired) electrons. The summed E-state index contributed by atoms with van der Waals surface area (Å²) >= 11 is 0. The van der Waals surface area contributed by atoms with Gasteiger partial charge in [0.2, 0.25) is 11.6 Å². The van der Waals surface area contributed by atoms with Crippen LogP contribution in [0.25, 0.3) is 0 Å². The first-order chi connectivity index (χ1) is 9.49. The Bertz CT molecular complexity index is 559. The van der Waals surface area contributed by atoms with Crippen LogP contribution in [0.1, 0.15) is 6.92 Å².